The molecular weight excluding hydrogens is 269 g/mol. The molecule has 0 amide bonds. The summed E-state index contributed by atoms with van der Waals surface area (Å²) in [6, 6.07) is 7.04. The average molecular weight is 287 g/mol. The minimum absolute atomic E-state index is 0.228. The van der Waals surface area contributed by atoms with Gasteiger partial charge in [0.05, 0.1) is 0 Å². The van der Waals surface area contributed by atoms with E-state index in [2.05, 4.69) is 10.1 Å². The maximum atomic E-state index is 13.6. The summed E-state index contributed by atoms with van der Waals surface area (Å²) in [4.78, 5) is 4.47. The first kappa shape index (κ1) is 13.0. The summed E-state index contributed by atoms with van der Waals surface area (Å²) >= 11 is 0. The SMILES string of the molecule is N[C@@H]1C[C@@H]2CC(c3nc(Cc4ccccc4F)no3)C[C@@H]21. The molecule has 1 unspecified atom stereocenters. The van der Waals surface area contributed by atoms with E-state index in [-0.39, 0.29) is 5.82 Å². The minimum atomic E-state index is -0.228. The highest BCUT2D eigenvalue weighted by Gasteiger charge is 2.47. The highest BCUT2D eigenvalue weighted by Crippen LogP contribution is 2.51. The van der Waals surface area contributed by atoms with Crippen molar-refractivity contribution in [3.05, 3.63) is 47.4 Å². The molecule has 2 aliphatic rings. The van der Waals surface area contributed by atoms with Gasteiger partial charge in [-0.25, -0.2) is 4.39 Å². The molecule has 0 spiro atoms. The van der Waals surface area contributed by atoms with Gasteiger partial charge in [-0.2, -0.15) is 4.98 Å². The fraction of sp³-hybridized carbons (Fsp3) is 0.500. The largest absolute Gasteiger partial charge is 0.339 e. The lowest BCUT2D eigenvalue weighted by atomic mass is 9.72. The molecule has 5 heteroatoms. The summed E-state index contributed by atoms with van der Waals surface area (Å²) in [5, 5.41) is 4.00. The van der Waals surface area contributed by atoms with Gasteiger partial charge in [-0.05, 0) is 42.7 Å². The number of hydrogen-bond donors (Lipinski definition) is 1. The monoisotopic (exact) mass is 287 g/mol. The Labute approximate surface area is 122 Å². The fourth-order valence-corrected chi connectivity index (χ4v) is 3.80. The molecule has 1 heterocycles. The molecule has 1 aromatic carbocycles. The van der Waals surface area contributed by atoms with Crippen molar-refractivity contribution in [3.8, 4) is 0 Å². The number of halogens is 1. The topological polar surface area (TPSA) is 64.9 Å². The molecule has 2 fully saturated rings. The second-order valence-corrected chi connectivity index (χ2v) is 6.31. The Balaban J connectivity index is 1.48. The predicted molar refractivity (Wildman–Crippen MR) is 75.1 cm³/mol. The molecule has 21 heavy (non-hydrogen) atoms. The molecule has 4 nitrogen and oxygen atoms in total. The Kier molecular flexibility index (Phi) is 3.03. The molecule has 0 radical (unpaired) electrons. The van der Waals surface area contributed by atoms with Gasteiger partial charge in [0.15, 0.2) is 5.82 Å². The van der Waals surface area contributed by atoms with Crippen LogP contribution in [0, 0.1) is 17.7 Å². The van der Waals surface area contributed by atoms with E-state index >= 15 is 0 Å². The molecular formula is C16H18FN3O. The lowest BCUT2D eigenvalue weighted by Gasteiger charge is -2.37. The van der Waals surface area contributed by atoms with Crippen molar-refractivity contribution < 1.29 is 8.91 Å². The predicted octanol–water partition coefficient (Wildman–Crippen LogP) is 2.64. The zero-order chi connectivity index (χ0) is 14.4. The van der Waals surface area contributed by atoms with Crippen molar-refractivity contribution in [2.75, 3.05) is 0 Å². The first-order valence-corrected chi connectivity index (χ1v) is 7.52. The van der Waals surface area contributed by atoms with Crippen LogP contribution in [0.2, 0.25) is 0 Å². The highest BCUT2D eigenvalue weighted by molar-refractivity contribution is 5.21. The number of benzene rings is 1. The highest BCUT2D eigenvalue weighted by atomic mass is 19.1. The van der Waals surface area contributed by atoms with Crippen molar-refractivity contribution in [1.29, 1.82) is 0 Å². The van der Waals surface area contributed by atoms with Crippen LogP contribution in [0.3, 0.4) is 0 Å². The molecule has 0 bridgehead atoms. The fourth-order valence-electron chi connectivity index (χ4n) is 3.80. The zero-order valence-electron chi connectivity index (χ0n) is 11.7. The Morgan fingerprint density at radius 2 is 2.10 bits per heavy atom. The summed E-state index contributed by atoms with van der Waals surface area (Å²) in [6.07, 6.45) is 3.64. The van der Waals surface area contributed by atoms with E-state index in [4.69, 9.17) is 10.3 Å². The van der Waals surface area contributed by atoms with Crippen LogP contribution in [0.4, 0.5) is 4.39 Å². The van der Waals surface area contributed by atoms with Gasteiger partial charge in [0.2, 0.25) is 5.89 Å². The summed E-state index contributed by atoms with van der Waals surface area (Å²) in [6.45, 7) is 0. The Morgan fingerprint density at radius 3 is 2.86 bits per heavy atom. The van der Waals surface area contributed by atoms with Crippen LogP contribution in [-0.4, -0.2) is 16.2 Å². The van der Waals surface area contributed by atoms with E-state index in [9.17, 15) is 4.39 Å². The number of fused-ring (bicyclic) bond motifs is 1. The average Bonchev–Trinajstić information content (AvgIpc) is 3.05. The van der Waals surface area contributed by atoms with Gasteiger partial charge in [0, 0.05) is 18.4 Å². The lowest BCUT2D eigenvalue weighted by molar-refractivity contribution is 0.173. The summed E-state index contributed by atoms with van der Waals surface area (Å²) < 4.78 is 19.0. The van der Waals surface area contributed by atoms with Crippen molar-refractivity contribution in [2.45, 2.75) is 37.6 Å². The van der Waals surface area contributed by atoms with Gasteiger partial charge < -0.3 is 10.3 Å². The van der Waals surface area contributed by atoms with Gasteiger partial charge in [-0.1, -0.05) is 23.4 Å². The third-order valence-electron chi connectivity index (χ3n) is 5.01. The molecule has 0 saturated heterocycles. The van der Waals surface area contributed by atoms with Crippen molar-refractivity contribution in [2.24, 2.45) is 17.6 Å². The second-order valence-electron chi connectivity index (χ2n) is 6.31. The zero-order valence-corrected chi connectivity index (χ0v) is 11.7. The Hall–Kier alpha value is -1.75. The molecule has 2 N–H and O–H groups in total. The standard InChI is InChI=1S/C16H18FN3O/c17-13-4-2-1-3-9(13)8-15-19-16(21-20-15)11-5-10-7-14(18)12(10)6-11/h1-4,10-12,14H,5-8,18H2/t10-,11?,12-,14+/m0/s1. The molecule has 2 aromatic rings. The molecule has 1 aromatic heterocycles. The van der Waals surface area contributed by atoms with Gasteiger partial charge in [0.1, 0.15) is 5.82 Å². The van der Waals surface area contributed by atoms with Crippen LogP contribution in [0.15, 0.2) is 28.8 Å². The third kappa shape index (κ3) is 2.25. The van der Waals surface area contributed by atoms with Gasteiger partial charge in [-0.15, -0.1) is 0 Å². The number of hydrogen-bond acceptors (Lipinski definition) is 4. The van der Waals surface area contributed by atoms with E-state index in [1.807, 2.05) is 6.07 Å². The second kappa shape index (κ2) is 4.91. The van der Waals surface area contributed by atoms with Crippen LogP contribution in [0.5, 0.6) is 0 Å². The summed E-state index contributed by atoms with van der Waals surface area (Å²) in [5.74, 6) is 2.70. The van der Waals surface area contributed by atoms with E-state index in [1.165, 1.54) is 6.07 Å². The summed E-state index contributed by atoms with van der Waals surface area (Å²) in [7, 11) is 0. The smallest absolute Gasteiger partial charge is 0.229 e. The molecule has 4 rings (SSSR count). The van der Waals surface area contributed by atoms with E-state index in [1.54, 1.807) is 12.1 Å². The van der Waals surface area contributed by atoms with E-state index in [0.717, 1.165) is 25.2 Å². The van der Waals surface area contributed by atoms with Crippen molar-refractivity contribution in [3.63, 3.8) is 0 Å². The first-order valence-electron chi connectivity index (χ1n) is 7.52. The van der Waals surface area contributed by atoms with E-state index < -0.39 is 0 Å². The molecule has 2 saturated carbocycles. The lowest BCUT2D eigenvalue weighted by Crippen LogP contribution is -2.44. The maximum Gasteiger partial charge on any atom is 0.229 e. The molecule has 2 aliphatic carbocycles. The van der Waals surface area contributed by atoms with Crippen LogP contribution in [0.1, 0.15) is 42.5 Å². The van der Waals surface area contributed by atoms with Crippen LogP contribution >= 0.6 is 0 Å². The van der Waals surface area contributed by atoms with Crippen molar-refractivity contribution >= 4 is 0 Å². The maximum absolute atomic E-state index is 13.6. The Morgan fingerprint density at radius 1 is 1.24 bits per heavy atom. The first-order chi connectivity index (χ1) is 10.2. The van der Waals surface area contributed by atoms with Crippen molar-refractivity contribution in [1.82, 2.24) is 10.1 Å². The van der Waals surface area contributed by atoms with E-state index in [0.29, 0.717) is 41.6 Å². The minimum Gasteiger partial charge on any atom is -0.339 e. The quantitative estimate of drug-likeness (QED) is 0.942. The number of nitrogens with two attached hydrogens (primary N) is 1. The van der Waals surface area contributed by atoms with Gasteiger partial charge >= 0.3 is 0 Å². The number of aromatic nitrogens is 2. The number of nitrogens with zero attached hydrogens (tertiary/aromatic N) is 2. The third-order valence-corrected chi connectivity index (χ3v) is 5.01. The molecule has 0 aliphatic heterocycles. The van der Waals surface area contributed by atoms with Gasteiger partial charge in [0.25, 0.3) is 0 Å². The molecule has 4 atom stereocenters. The Bertz CT molecular complexity index is 656. The number of rotatable bonds is 3. The van der Waals surface area contributed by atoms with Gasteiger partial charge in [-0.3, -0.25) is 0 Å². The summed E-state index contributed by atoms with van der Waals surface area (Å²) in [5.41, 5.74) is 6.62. The van der Waals surface area contributed by atoms with Crippen LogP contribution in [-0.2, 0) is 6.42 Å². The van der Waals surface area contributed by atoms with Crippen LogP contribution in [0.25, 0.3) is 0 Å². The molecule has 110 valence electrons. The van der Waals surface area contributed by atoms with Crippen LogP contribution < -0.4 is 5.73 Å². The normalized spacial score (nSPS) is 31.0.